The number of urea groups is 1. The number of carbonyl (C=O) groups is 1. The zero-order valence-corrected chi connectivity index (χ0v) is 13.0. The van der Waals surface area contributed by atoms with Crippen LogP contribution in [0.2, 0.25) is 0 Å². The highest BCUT2D eigenvalue weighted by Gasteiger charge is 2.13. The molecular weight excluding hydrogens is 340 g/mol. The summed E-state index contributed by atoms with van der Waals surface area (Å²) in [5.74, 6) is -0.0163. The Morgan fingerprint density at radius 1 is 1.04 bits per heavy atom. The molecule has 25 heavy (non-hydrogen) atoms. The van der Waals surface area contributed by atoms with Crippen LogP contribution in [-0.4, -0.2) is 25.6 Å². The van der Waals surface area contributed by atoms with E-state index >= 15 is 0 Å². The molecule has 0 saturated heterocycles. The third kappa shape index (κ3) is 6.33. The van der Waals surface area contributed by atoms with Crippen molar-refractivity contribution >= 4 is 11.7 Å². The second-order valence-corrected chi connectivity index (χ2v) is 5.09. The van der Waals surface area contributed by atoms with Crippen molar-refractivity contribution in [3.63, 3.8) is 0 Å². The van der Waals surface area contributed by atoms with E-state index in [9.17, 15) is 22.4 Å². The van der Waals surface area contributed by atoms with Crippen LogP contribution in [0.5, 0.6) is 5.75 Å². The van der Waals surface area contributed by atoms with Crippen LogP contribution in [0.1, 0.15) is 11.1 Å². The van der Waals surface area contributed by atoms with Crippen molar-refractivity contribution in [2.24, 2.45) is 0 Å². The third-order valence-corrected chi connectivity index (χ3v) is 3.19. The summed E-state index contributed by atoms with van der Waals surface area (Å²) in [6, 6.07) is 12.4. The maximum absolute atomic E-state index is 12.6. The molecule has 2 amide bonds. The molecule has 0 radical (unpaired) electrons. The summed E-state index contributed by atoms with van der Waals surface area (Å²) in [5.41, 5.74) is 1.57. The Morgan fingerprint density at radius 2 is 1.76 bits per heavy atom. The Morgan fingerprint density at radius 3 is 2.40 bits per heavy atom. The highest BCUT2D eigenvalue weighted by atomic mass is 19.3. The van der Waals surface area contributed by atoms with Crippen LogP contribution in [-0.2, 0) is 6.42 Å². The minimum Gasteiger partial charge on any atom is -0.435 e. The van der Waals surface area contributed by atoms with Crippen molar-refractivity contribution in [1.82, 2.24) is 5.32 Å². The van der Waals surface area contributed by atoms with Gasteiger partial charge in [-0.3, -0.25) is 0 Å². The fourth-order valence-corrected chi connectivity index (χ4v) is 2.17. The van der Waals surface area contributed by atoms with E-state index in [0.29, 0.717) is 12.0 Å². The van der Waals surface area contributed by atoms with Gasteiger partial charge in [0, 0.05) is 17.7 Å². The molecular formula is C17H16F4N2O2. The molecule has 0 aliphatic carbocycles. The van der Waals surface area contributed by atoms with Gasteiger partial charge in [-0.05, 0) is 23.8 Å². The van der Waals surface area contributed by atoms with Crippen LogP contribution in [0, 0.1) is 0 Å². The van der Waals surface area contributed by atoms with Crippen LogP contribution in [0.4, 0.5) is 28.0 Å². The Kier molecular flexibility index (Phi) is 6.62. The Balaban J connectivity index is 2.16. The maximum atomic E-state index is 12.6. The first-order valence-corrected chi connectivity index (χ1v) is 7.38. The van der Waals surface area contributed by atoms with Gasteiger partial charge in [-0.25, -0.2) is 13.6 Å². The van der Waals surface area contributed by atoms with Crippen LogP contribution in [0.3, 0.4) is 0 Å². The second-order valence-electron chi connectivity index (χ2n) is 5.09. The van der Waals surface area contributed by atoms with Crippen molar-refractivity contribution in [1.29, 1.82) is 0 Å². The van der Waals surface area contributed by atoms with Gasteiger partial charge in [-0.15, -0.1) is 0 Å². The first-order chi connectivity index (χ1) is 11.9. The Bertz CT molecular complexity index is 696. The quantitative estimate of drug-likeness (QED) is 0.728. The lowest BCUT2D eigenvalue weighted by atomic mass is 10.0. The van der Waals surface area contributed by atoms with Gasteiger partial charge in [0.25, 0.3) is 6.43 Å². The molecule has 0 aliphatic heterocycles. The van der Waals surface area contributed by atoms with Gasteiger partial charge in [0.05, 0.1) is 6.54 Å². The standard InChI is InChI=1S/C17H16F4N2O2/c18-15(19)10-22-17(24)23-13-6-7-14(25-16(20)21)12(9-13)8-11-4-2-1-3-5-11/h1-7,9,15-16H,8,10H2,(H2,22,23,24). The average Bonchev–Trinajstić information content (AvgIpc) is 2.56. The fraction of sp³-hybridized carbons (Fsp3) is 0.235. The molecule has 134 valence electrons. The Hall–Kier alpha value is -2.77. The number of anilines is 1. The molecule has 0 atom stereocenters. The van der Waals surface area contributed by atoms with E-state index in [0.717, 1.165) is 5.56 Å². The summed E-state index contributed by atoms with van der Waals surface area (Å²) in [5, 5.41) is 4.37. The van der Waals surface area contributed by atoms with Gasteiger partial charge in [0.1, 0.15) is 5.75 Å². The highest BCUT2D eigenvalue weighted by Crippen LogP contribution is 2.27. The number of ether oxygens (including phenoxy) is 1. The monoisotopic (exact) mass is 356 g/mol. The molecule has 2 N–H and O–H groups in total. The van der Waals surface area contributed by atoms with Crippen molar-refractivity contribution in [2.45, 2.75) is 19.5 Å². The summed E-state index contributed by atoms with van der Waals surface area (Å²) in [6.07, 6.45) is -2.36. The van der Waals surface area contributed by atoms with Gasteiger partial charge in [-0.2, -0.15) is 8.78 Å². The minimum atomic E-state index is -2.98. The van der Waals surface area contributed by atoms with Crippen molar-refractivity contribution in [3.05, 3.63) is 59.7 Å². The fourth-order valence-electron chi connectivity index (χ4n) is 2.17. The van der Waals surface area contributed by atoms with Crippen LogP contribution < -0.4 is 15.4 Å². The van der Waals surface area contributed by atoms with E-state index in [1.54, 1.807) is 0 Å². The number of amides is 2. The van der Waals surface area contributed by atoms with Crippen molar-refractivity contribution < 1.29 is 27.1 Å². The smallest absolute Gasteiger partial charge is 0.387 e. The number of alkyl halides is 4. The molecule has 2 aromatic carbocycles. The number of carbonyl (C=O) groups excluding carboxylic acids is 1. The predicted octanol–water partition coefficient (Wildman–Crippen LogP) is 4.27. The minimum absolute atomic E-state index is 0.0163. The first kappa shape index (κ1) is 18.6. The largest absolute Gasteiger partial charge is 0.435 e. The van der Waals surface area contributed by atoms with E-state index in [1.165, 1.54) is 18.2 Å². The van der Waals surface area contributed by atoms with Gasteiger partial charge in [0.15, 0.2) is 0 Å². The van der Waals surface area contributed by atoms with Crippen molar-refractivity contribution in [3.8, 4) is 5.75 Å². The van der Waals surface area contributed by atoms with Gasteiger partial charge >= 0.3 is 12.6 Å². The van der Waals surface area contributed by atoms with Crippen LogP contribution >= 0.6 is 0 Å². The molecule has 0 aromatic heterocycles. The number of rotatable bonds is 7. The number of benzene rings is 2. The predicted molar refractivity (Wildman–Crippen MR) is 85.3 cm³/mol. The molecule has 2 rings (SSSR count). The van der Waals surface area contributed by atoms with Gasteiger partial charge in [-0.1, -0.05) is 30.3 Å². The summed E-state index contributed by atoms with van der Waals surface area (Å²) < 4.78 is 53.8. The van der Waals surface area contributed by atoms with E-state index in [1.807, 2.05) is 35.6 Å². The molecule has 8 heteroatoms. The first-order valence-electron chi connectivity index (χ1n) is 7.38. The normalized spacial score (nSPS) is 10.8. The number of halogens is 4. The molecule has 0 heterocycles. The zero-order chi connectivity index (χ0) is 18.2. The summed E-state index contributed by atoms with van der Waals surface area (Å²) in [7, 11) is 0. The third-order valence-electron chi connectivity index (χ3n) is 3.19. The molecule has 0 bridgehead atoms. The molecule has 2 aromatic rings. The lowest BCUT2D eigenvalue weighted by Crippen LogP contribution is -2.32. The average molecular weight is 356 g/mol. The van der Waals surface area contributed by atoms with Crippen LogP contribution in [0.25, 0.3) is 0 Å². The SMILES string of the molecule is O=C(NCC(F)F)Nc1ccc(OC(F)F)c(Cc2ccccc2)c1. The highest BCUT2D eigenvalue weighted by molar-refractivity contribution is 5.89. The Labute approximate surface area is 141 Å². The summed E-state index contributed by atoms with van der Waals surface area (Å²) >= 11 is 0. The lowest BCUT2D eigenvalue weighted by molar-refractivity contribution is -0.0503. The summed E-state index contributed by atoms with van der Waals surface area (Å²) in [6.45, 7) is -3.77. The molecule has 4 nitrogen and oxygen atoms in total. The molecule has 0 fully saturated rings. The van der Waals surface area contributed by atoms with Gasteiger partial charge in [0.2, 0.25) is 0 Å². The number of hydrogen-bond acceptors (Lipinski definition) is 2. The molecule has 0 aliphatic rings. The number of nitrogens with one attached hydrogen (secondary N) is 2. The number of hydrogen-bond donors (Lipinski definition) is 2. The maximum Gasteiger partial charge on any atom is 0.387 e. The van der Waals surface area contributed by atoms with Crippen molar-refractivity contribution in [2.75, 3.05) is 11.9 Å². The van der Waals surface area contributed by atoms with E-state index in [-0.39, 0.29) is 11.4 Å². The van der Waals surface area contributed by atoms with Crippen LogP contribution in [0.15, 0.2) is 48.5 Å². The second kappa shape index (κ2) is 8.91. The van der Waals surface area contributed by atoms with E-state index in [4.69, 9.17) is 0 Å². The molecule has 0 unspecified atom stereocenters. The molecule has 0 spiro atoms. The van der Waals surface area contributed by atoms with Gasteiger partial charge < -0.3 is 15.4 Å². The summed E-state index contributed by atoms with van der Waals surface area (Å²) in [4.78, 5) is 11.5. The van der Waals surface area contributed by atoms with E-state index < -0.39 is 25.6 Å². The lowest BCUT2D eigenvalue weighted by Gasteiger charge is -2.14. The zero-order valence-electron chi connectivity index (χ0n) is 13.0. The topological polar surface area (TPSA) is 50.4 Å². The van der Waals surface area contributed by atoms with E-state index in [2.05, 4.69) is 10.1 Å². The molecule has 0 saturated carbocycles.